The number of likely N-dealkylation sites (tertiary alicyclic amines) is 1. The second-order valence-electron chi connectivity index (χ2n) is 8.16. The summed E-state index contributed by atoms with van der Waals surface area (Å²) in [5.41, 5.74) is 2.78. The van der Waals surface area contributed by atoms with Crippen molar-refractivity contribution in [2.45, 2.75) is 26.5 Å². The fraction of sp³-hybridized carbons (Fsp3) is 0.304. The maximum Gasteiger partial charge on any atom is 0.164 e. The zero-order valence-electron chi connectivity index (χ0n) is 18.0. The maximum absolute atomic E-state index is 15.0. The first-order valence-corrected chi connectivity index (χ1v) is 10.3. The van der Waals surface area contributed by atoms with E-state index in [2.05, 4.69) is 24.8 Å². The summed E-state index contributed by atoms with van der Waals surface area (Å²) in [7, 11) is 2.01. The lowest BCUT2D eigenvalue weighted by molar-refractivity contribution is 0.0386. The monoisotopic (exact) mass is 436 g/mol. The number of rotatable bonds is 5. The van der Waals surface area contributed by atoms with Crippen LogP contribution in [0, 0.1) is 25.5 Å². The molecule has 1 aliphatic heterocycles. The molecule has 32 heavy (non-hydrogen) atoms. The lowest BCUT2D eigenvalue weighted by atomic mass is 10.1. The lowest BCUT2D eigenvalue weighted by Gasteiger charge is -2.36. The number of likely N-dealkylation sites (N-methyl/N-ethyl adjacent to an activating group) is 1. The summed E-state index contributed by atoms with van der Waals surface area (Å²) in [6.07, 6.45) is 2.74. The third kappa shape index (κ3) is 3.80. The Bertz CT molecular complexity index is 1320. The van der Waals surface area contributed by atoms with Crippen molar-refractivity contribution in [1.82, 2.24) is 29.4 Å². The topological polar surface area (TPSA) is 69.0 Å². The van der Waals surface area contributed by atoms with E-state index in [1.54, 1.807) is 23.6 Å². The normalized spacial score (nSPS) is 14.7. The van der Waals surface area contributed by atoms with E-state index in [-0.39, 0.29) is 18.5 Å². The standard InChI is InChI=1S/C23H22F2N6O/c1-13-21-23(28-14(2)27-13)31(22(29-21)16-6-17(24)9-26-8-16)10-15-4-5-18(7-20(15)25)32-19-11-30(3)12-19/h4-9,19H,10-12H2,1-3H3. The Morgan fingerprint density at radius 3 is 2.59 bits per heavy atom. The van der Waals surface area contributed by atoms with Crippen LogP contribution >= 0.6 is 0 Å². The van der Waals surface area contributed by atoms with Crippen LogP contribution in [0.15, 0.2) is 36.7 Å². The molecule has 7 nitrogen and oxygen atoms in total. The largest absolute Gasteiger partial charge is 0.488 e. The van der Waals surface area contributed by atoms with Crippen molar-refractivity contribution in [2.75, 3.05) is 20.1 Å². The van der Waals surface area contributed by atoms with Crippen LogP contribution in [0.5, 0.6) is 5.75 Å². The summed E-state index contributed by atoms with van der Waals surface area (Å²) >= 11 is 0. The number of aryl methyl sites for hydroxylation is 2. The van der Waals surface area contributed by atoms with Crippen LogP contribution in [-0.2, 0) is 6.54 Å². The highest BCUT2D eigenvalue weighted by Crippen LogP contribution is 2.28. The number of imidazole rings is 1. The third-order valence-electron chi connectivity index (χ3n) is 5.53. The molecule has 0 aliphatic carbocycles. The van der Waals surface area contributed by atoms with Gasteiger partial charge in [-0.3, -0.25) is 9.88 Å². The Hall–Kier alpha value is -3.46. The van der Waals surface area contributed by atoms with Crippen molar-refractivity contribution in [1.29, 1.82) is 0 Å². The van der Waals surface area contributed by atoms with Gasteiger partial charge in [0, 0.05) is 36.5 Å². The Morgan fingerprint density at radius 1 is 1.06 bits per heavy atom. The molecule has 0 atom stereocenters. The molecule has 0 bridgehead atoms. The van der Waals surface area contributed by atoms with Crippen LogP contribution in [0.2, 0.25) is 0 Å². The number of halogens is 2. The zero-order chi connectivity index (χ0) is 22.4. The molecule has 0 unspecified atom stereocenters. The molecule has 5 rings (SSSR count). The Morgan fingerprint density at radius 2 is 1.88 bits per heavy atom. The van der Waals surface area contributed by atoms with Gasteiger partial charge in [-0.25, -0.2) is 23.7 Å². The summed E-state index contributed by atoms with van der Waals surface area (Å²) in [4.78, 5) is 19.6. The molecule has 9 heteroatoms. The minimum Gasteiger partial charge on any atom is -0.488 e. The Balaban J connectivity index is 1.55. The number of hydrogen-bond donors (Lipinski definition) is 0. The van der Waals surface area contributed by atoms with Crippen LogP contribution in [0.25, 0.3) is 22.6 Å². The summed E-state index contributed by atoms with van der Waals surface area (Å²) in [6, 6.07) is 6.23. The average Bonchev–Trinajstić information content (AvgIpc) is 3.07. The van der Waals surface area contributed by atoms with Crippen molar-refractivity contribution < 1.29 is 13.5 Å². The molecule has 1 fully saturated rings. The van der Waals surface area contributed by atoms with E-state index in [0.717, 1.165) is 19.3 Å². The number of aromatic nitrogens is 5. The highest BCUT2D eigenvalue weighted by molar-refractivity contribution is 5.79. The van der Waals surface area contributed by atoms with Gasteiger partial charge in [-0.15, -0.1) is 0 Å². The van der Waals surface area contributed by atoms with E-state index in [1.807, 2.05) is 14.0 Å². The third-order valence-corrected chi connectivity index (χ3v) is 5.53. The SMILES string of the molecule is Cc1nc(C)c2nc(-c3cncc(F)c3)n(Cc3ccc(OC4CN(C)C4)cc3F)c2n1. The van der Waals surface area contributed by atoms with Gasteiger partial charge in [0.25, 0.3) is 0 Å². The lowest BCUT2D eigenvalue weighted by Crippen LogP contribution is -2.51. The first-order chi connectivity index (χ1) is 15.4. The van der Waals surface area contributed by atoms with Gasteiger partial charge in [0.2, 0.25) is 0 Å². The van der Waals surface area contributed by atoms with Gasteiger partial charge in [-0.2, -0.15) is 0 Å². The first-order valence-electron chi connectivity index (χ1n) is 10.3. The molecule has 4 aromatic rings. The predicted molar refractivity (Wildman–Crippen MR) is 115 cm³/mol. The van der Waals surface area contributed by atoms with E-state index in [9.17, 15) is 4.39 Å². The minimum absolute atomic E-state index is 0.0811. The van der Waals surface area contributed by atoms with E-state index >= 15 is 4.39 Å². The summed E-state index contributed by atoms with van der Waals surface area (Å²) in [6.45, 7) is 5.45. The molecule has 3 aromatic heterocycles. The number of benzene rings is 1. The molecule has 0 saturated carbocycles. The van der Waals surface area contributed by atoms with Crippen molar-refractivity contribution in [3.63, 3.8) is 0 Å². The molecule has 1 aliphatic rings. The molecular weight excluding hydrogens is 414 g/mol. The first kappa shape index (κ1) is 20.4. The van der Waals surface area contributed by atoms with Gasteiger partial charge in [-0.05, 0) is 33.0 Å². The fourth-order valence-corrected chi connectivity index (χ4v) is 3.99. The van der Waals surface area contributed by atoms with E-state index < -0.39 is 5.82 Å². The molecule has 0 spiro atoms. The average molecular weight is 436 g/mol. The van der Waals surface area contributed by atoms with Crippen molar-refractivity contribution in [3.05, 3.63) is 65.4 Å². The van der Waals surface area contributed by atoms with Crippen molar-refractivity contribution in [3.8, 4) is 17.1 Å². The molecule has 4 heterocycles. The number of nitrogens with zero attached hydrogens (tertiary/aromatic N) is 6. The molecule has 0 amide bonds. The molecule has 0 N–H and O–H groups in total. The van der Waals surface area contributed by atoms with E-state index in [0.29, 0.717) is 45.4 Å². The summed E-state index contributed by atoms with van der Waals surface area (Å²) in [5.74, 6) is 0.669. The van der Waals surface area contributed by atoms with Gasteiger partial charge in [0.1, 0.15) is 40.7 Å². The van der Waals surface area contributed by atoms with E-state index in [1.165, 1.54) is 18.3 Å². The number of ether oxygens (including phenoxy) is 1. The van der Waals surface area contributed by atoms with Gasteiger partial charge in [0.15, 0.2) is 5.65 Å². The quantitative estimate of drug-likeness (QED) is 0.477. The number of hydrogen-bond acceptors (Lipinski definition) is 6. The minimum atomic E-state index is -0.477. The smallest absolute Gasteiger partial charge is 0.164 e. The van der Waals surface area contributed by atoms with Gasteiger partial charge in [0.05, 0.1) is 18.4 Å². The van der Waals surface area contributed by atoms with Gasteiger partial charge >= 0.3 is 0 Å². The predicted octanol–water partition coefficient (Wildman–Crippen LogP) is 3.52. The highest BCUT2D eigenvalue weighted by Gasteiger charge is 2.25. The van der Waals surface area contributed by atoms with Gasteiger partial charge in [-0.1, -0.05) is 6.07 Å². The van der Waals surface area contributed by atoms with Crippen LogP contribution in [0.1, 0.15) is 17.1 Å². The zero-order valence-corrected chi connectivity index (χ0v) is 18.0. The summed E-state index contributed by atoms with van der Waals surface area (Å²) in [5, 5.41) is 0. The molecular formula is C23H22F2N6O. The molecule has 1 saturated heterocycles. The van der Waals surface area contributed by atoms with E-state index in [4.69, 9.17) is 4.74 Å². The maximum atomic E-state index is 15.0. The highest BCUT2D eigenvalue weighted by atomic mass is 19.1. The van der Waals surface area contributed by atoms with Gasteiger partial charge < -0.3 is 9.30 Å². The molecule has 1 aromatic carbocycles. The second kappa shape index (κ2) is 7.90. The van der Waals surface area contributed by atoms with Crippen molar-refractivity contribution >= 4 is 11.2 Å². The number of pyridine rings is 1. The van der Waals surface area contributed by atoms with Crippen molar-refractivity contribution in [2.24, 2.45) is 0 Å². The summed E-state index contributed by atoms with van der Waals surface area (Å²) < 4.78 is 36.5. The Kier molecular flexibility index (Phi) is 5.05. The van der Waals surface area contributed by atoms with Crippen LogP contribution in [0.3, 0.4) is 0 Å². The fourth-order valence-electron chi connectivity index (χ4n) is 3.99. The van der Waals surface area contributed by atoms with Crippen LogP contribution in [-0.4, -0.2) is 55.6 Å². The Labute approximate surface area is 183 Å². The van der Waals surface area contributed by atoms with Crippen LogP contribution < -0.4 is 4.74 Å². The number of fused-ring (bicyclic) bond motifs is 1. The van der Waals surface area contributed by atoms with Crippen LogP contribution in [0.4, 0.5) is 8.78 Å². The molecule has 164 valence electrons. The second-order valence-corrected chi connectivity index (χ2v) is 8.16. The molecule has 0 radical (unpaired) electrons.